The van der Waals surface area contributed by atoms with Crippen molar-refractivity contribution in [2.24, 2.45) is 0 Å². The molecule has 17 nitrogen and oxygen atoms in total. The molecule has 1 aromatic carbocycles. The van der Waals surface area contributed by atoms with E-state index >= 15 is 0 Å². The van der Waals surface area contributed by atoms with Gasteiger partial charge in [0.1, 0.15) is 5.69 Å². The number of anilines is 1. The number of benzene rings is 1. The van der Waals surface area contributed by atoms with Gasteiger partial charge < -0.3 is 20.4 Å². The minimum atomic E-state index is -3.92. The van der Waals surface area contributed by atoms with Crippen LogP contribution in [0.25, 0.3) is 0 Å². The summed E-state index contributed by atoms with van der Waals surface area (Å²) in [6.07, 6.45) is 0.0571. The Balaban J connectivity index is 3.56. The van der Waals surface area contributed by atoms with Crippen molar-refractivity contribution < 1.29 is 50.1 Å². The second-order valence-corrected chi connectivity index (χ2v) is 10.2. The number of aliphatic hydroxyl groups excluding tert-OH is 2. The molecule has 0 radical (unpaired) electrons. The molecular formula is C16H24N4O13S2. The zero-order valence-corrected chi connectivity index (χ0v) is 20.2. The number of rotatable bonds is 15. The first kappa shape index (κ1) is 30.1. The first-order valence-corrected chi connectivity index (χ1v) is 13.2. The van der Waals surface area contributed by atoms with E-state index in [2.05, 4.69) is 8.37 Å². The number of hydrogen-bond donors (Lipinski definition) is 3. The van der Waals surface area contributed by atoms with Crippen molar-refractivity contribution in [1.29, 1.82) is 0 Å². The van der Waals surface area contributed by atoms with Crippen molar-refractivity contribution in [3.8, 4) is 0 Å². The van der Waals surface area contributed by atoms with Crippen molar-refractivity contribution in [1.82, 2.24) is 5.32 Å². The maximum atomic E-state index is 12.6. The molecule has 1 rings (SSSR count). The van der Waals surface area contributed by atoms with Gasteiger partial charge in [-0.25, -0.2) is 0 Å². The standard InChI is InChI=1S/C16H24N4O13S2/c1-34(28,29)32-7-5-18(6-8-33-35(2,30)31)13-4-3-12(19(24)25)14(15(13)20(26)27)16(23)17-9-11(22)10-21/h3-4,11,21-22H,5-10H2,1-2H3,(H,17,23). The Morgan fingerprint density at radius 3 is 1.97 bits per heavy atom. The molecule has 1 atom stereocenters. The van der Waals surface area contributed by atoms with Crippen LogP contribution in [0.15, 0.2) is 12.1 Å². The van der Waals surface area contributed by atoms with Crippen LogP contribution in [0.4, 0.5) is 17.1 Å². The Morgan fingerprint density at radius 2 is 1.57 bits per heavy atom. The van der Waals surface area contributed by atoms with E-state index < -0.39 is 91.1 Å². The monoisotopic (exact) mass is 544 g/mol. The summed E-state index contributed by atoms with van der Waals surface area (Å²) in [5, 5.41) is 43.7. The summed E-state index contributed by atoms with van der Waals surface area (Å²) in [6, 6.07) is 1.72. The molecule has 0 aliphatic heterocycles. The Labute approximate surface area is 199 Å². The highest BCUT2D eigenvalue weighted by Crippen LogP contribution is 2.37. The normalized spacial score (nSPS) is 12.7. The lowest BCUT2D eigenvalue weighted by Gasteiger charge is -2.24. The number of aliphatic hydroxyl groups is 2. The van der Waals surface area contributed by atoms with Gasteiger partial charge in [0.05, 0.1) is 48.3 Å². The Morgan fingerprint density at radius 1 is 1.06 bits per heavy atom. The molecule has 19 heteroatoms. The molecule has 0 aliphatic rings. The fourth-order valence-electron chi connectivity index (χ4n) is 2.70. The third-order valence-corrected chi connectivity index (χ3v) is 5.30. The molecule has 0 spiro atoms. The highest BCUT2D eigenvalue weighted by molar-refractivity contribution is 7.86. The number of nitrogens with one attached hydrogen (secondary N) is 1. The minimum absolute atomic E-state index is 0.386. The second-order valence-electron chi connectivity index (χ2n) is 6.93. The molecule has 0 aromatic heterocycles. The summed E-state index contributed by atoms with van der Waals surface area (Å²) in [7, 11) is -7.83. The van der Waals surface area contributed by atoms with Gasteiger partial charge in [0.25, 0.3) is 31.8 Å². The average Bonchev–Trinajstić information content (AvgIpc) is 2.73. The zero-order valence-electron chi connectivity index (χ0n) is 18.5. The van der Waals surface area contributed by atoms with Gasteiger partial charge in [0, 0.05) is 25.7 Å². The van der Waals surface area contributed by atoms with Crippen LogP contribution in [0.5, 0.6) is 0 Å². The number of carbonyl (C=O) groups excluding carboxylic acids is 1. The Hall–Kier alpha value is -2.97. The summed E-state index contributed by atoms with van der Waals surface area (Å²) < 4.78 is 54.3. The molecule has 0 aliphatic carbocycles. The van der Waals surface area contributed by atoms with E-state index in [1.807, 2.05) is 5.32 Å². The molecule has 0 saturated carbocycles. The molecule has 0 bridgehead atoms. The first-order chi connectivity index (χ1) is 16.1. The van der Waals surface area contributed by atoms with Crippen LogP contribution >= 0.6 is 0 Å². The van der Waals surface area contributed by atoms with Crippen molar-refractivity contribution in [3.05, 3.63) is 37.9 Å². The molecular weight excluding hydrogens is 520 g/mol. The van der Waals surface area contributed by atoms with Crippen molar-refractivity contribution in [2.75, 3.05) is 56.9 Å². The maximum Gasteiger partial charge on any atom is 0.312 e. The number of nitro groups is 2. The summed E-state index contributed by atoms with van der Waals surface area (Å²) in [4.78, 5) is 35.0. The third kappa shape index (κ3) is 10.0. The van der Waals surface area contributed by atoms with E-state index in [4.69, 9.17) is 5.11 Å². The van der Waals surface area contributed by atoms with E-state index in [9.17, 15) is 47.0 Å². The van der Waals surface area contributed by atoms with Gasteiger partial charge in [0.15, 0.2) is 5.56 Å². The van der Waals surface area contributed by atoms with Crippen LogP contribution in [-0.2, 0) is 28.6 Å². The molecule has 1 aromatic rings. The Bertz CT molecular complexity index is 1120. The van der Waals surface area contributed by atoms with Gasteiger partial charge in [-0.2, -0.15) is 16.8 Å². The van der Waals surface area contributed by atoms with Gasteiger partial charge in [-0.05, 0) is 6.07 Å². The van der Waals surface area contributed by atoms with Crippen molar-refractivity contribution >= 4 is 43.2 Å². The van der Waals surface area contributed by atoms with Crippen LogP contribution in [-0.4, -0.2) is 101 Å². The summed E-state index contributed by atoms with van der Waals surface area (Å²) >= 11 is 0. The first-order valence-electron chi connectivity index (χ1n) is 9.54. The number of hydrogen-bond acceptors (Lipinski definition) is 14. The summed E-state index contributed by atoms with van der Waals surface area (Å²) in [5.74, 6) is -1.31. The van der Waals surface area contributed by atoms with Crippen LogP contribution in [0.1, 0.15) is 10.4 Å². The highest BCUT2D eigenvalue weighted by atomic mass is 32.2. The predicted octanol–water partition coefficient (Wildman–Crippen LogP) is -1.66. The minimum Gasteiger partial charge on any atom is -0.394 e. The van der Waals surface area contributed by atoms with Crippen LogP contribution in [0.2, 0.25) is 0 Å². The SMILES string of the molecule is CS(=O)(=O)OCCN(CCOS(C)(=O)=O)c1ccc([N+](=O)[O-])c(C(=O)NCC(O)CO)c1[N+](=O)[O-]. The van der Waals surface area contributed by atoms with Crippen LogP contribution < -0.4 is 10.2 Å². The van der Waals surface area contributed by atoms with Crippen molar-refractivity contribution in [2.45, 2.75) is 6.10 Å². The predicted molar refractivity (Wildman–Crippen MR) is 119 cm³/mol. The number of nitro benzene ring substituents is 2. The second kappa shape index (κ2) is 12.7. The smallest absolute Gasteiger partial charge is 0.312 e. The van der Waals surface area contributed by atoms with Gasteiger partial charge in [-0.1, -0.05) is 0 Å². The molecule has 3 N–H and O–H groups in total. The lowest BCUT2D eigenvalue weighted by Crippen LogP contribution is -2.35. The van der Waals surface area contributed by atoms with E-state index in [1.165, 1.54) is 0 Å². The molecule has 35 heavy (non-hydrogen) atoms. The average molecular weight is 545 g/mol. The molecule has 0 fully saturated rings. The quantitative estimate of drug-likeness (QED) is 0.127. The largest absolute Gasteiger partial charge is 0.394 e. The lowest BCUT2D eigenvalue weighted by molar-refractivity contribution is -0.394. The fourth-order valence-corrected chi connectivity index (χ4v) is 3.45. The number of carbonyl (C=O) groups is 1. The van der Waals surface area contributed by atoms with E-state index in [-0.39, 0.29) is 13.1 Å². The van der Waals surface area contributed by atoms with Gasteiger partial charge >= 0.3 is 5.69 Å². The molecule has 198 valence electrons. The molecule has 1 amide bonds. The molecule has 1 unspecified atom stereocenters. The van der Waals surface area contributed by atoms with E-state index in [1.54, 1.807) is 0 Å². The number of nitrogens with zero attached hydrogens (tertiary/aromatic N) is 3. The topological polar surface area (TPSA) is 246 Å². The lowest BCUT2D eigenvalue weighted by atomic mass is 10.1. The number of amides is 1. The van der Waals surface area contributed by atoms with Crippen molar-refractivity contribution in [3.63, 3.8) is 0 Å². The fraction of sp³-hybridized carbons (Fsp3) is 0.562. The van der Waals surface area contributed by atoms with Crippen LogP contribution in [0, 0.1) is 20.2 Å². The molecule has 0 saturated heterocycles. The van der Waals surface area contributed by atoms with Gasteiger partial charge in [0.2, 0.25) is 0 Å². The van der Waals surface area contributed by atoms with E-state index in [0.29, 0.717) is 0 Å². The zero-order chi connectivity index (χ0) is 27.0. The van der Waals surface area contributed by atoms with Gasteiger partial charge in [-0.3, -0.25) is 33.4 Å². The molecule has 0 heterocycles. The summed E-state index contributed by atoms with van der Waals surface area (Å²) in [5.41, 5.74) is -3.38. The summed E-state index contributed by atoms with van der Waals surface area (Å²) in [6.45, 7) is -3.21. The van der Waals surface area contributed by atoms with Gasteiger partial charge in [-0.15, -0.1) is 0 Å². The Kier molecular flexibility index (Phi) is 10.9. The maximum absolute atomic E-state index is 12.6. The van der Waals surface area contributed by atoms with Crippen LogP contribution in [0.3, 0.4) is 0 Å². The third-order valence-electron chi connectivity index (χ3n) is 4.11. The highest BCUT2D eigenvalue weighted by Gasteiger charge is 2.36. The van der Waals surface area contributed by atoms with E-state index in [0.717, 1.165) is 29.5 Å².